The van der Waals surface area contributed by atoms with Gasteiger partial charge in [0.05, 0.1) is 19.8 Å². The van der Waals surface area contributed by atoms with Crippen molar-refractivity contribution in [1.29, 1.82) is 0 Å². The van der Waals surface area contributed by atoms with Crippen LogP contribution in [-0.4, -0.2) is 73.5 Å². The van der Waals surface area contributed by atoms with Crippen molar-refractivity contribution < 1.29 is 33.7 Å². The predicted octanol–water partition coefficient (Wildman–Crippen LogP) is 8.70. The highest BCUT2D eigenvalue weighted by Gasteiger charge is 2.14. The molecule has 0 rings (SSSR count). The summed E-state index contributed by atoms with van der Waals surface area (Å²) in [5.41, 5.74) is 0. The first-order valence-corrected chi connectivity index (χ1v) is 18.8. The molecule has 8 heteroatoms. The number of hydrogen-bond acceptors (Lipinski definition) is 8. The summed E-state index contributed by atoms with van der Waals surface area (Å²) in [6.07, 6.45) is 24.0. The van der Waals surface area contributed by atoms with Crippen molar-refractivity contribution in [3.8, 4) is 0 Å². The van der Waals surface area contributed by atoms with Gasteiger partial charge < -0.3 is 24.2 Å². The van der Waals surface area contributed by atoms with Crippen LogP contribution in [0, 0.1) is 0 Å². The van der Waals surface area contributed by atoms with E-state index < -0.39 is 11.9 Å². The van der Waals surface area contributed by atoms with Crippen LogP contribution in [0.1, 0.15) is 175 Å². The number of hydrogen-bond donors (Lipinski definition) is 1. The molecular formula is C37H71NO7. The van der Waals surface area contributed by atoms with E-state index in [4.69, 9.17) is 14.2 Å². The molecular weight excluding hydrogens is 570 g/mol. The Bertz CT molecular complexity index is 688. The van der Waals surface area contributed by atoms with Crippen LogP contribution >= 0.6 is 0 Å². The Labute approximate surface area is 276 Å². The van der Waals surface area contributed by atoms with Crippen LogP contribution in [0.5, 0.6) is 0 Å². The van der Waals surface area contributed by atoms with Crippen molar-refractivity contribution in [3.63, 3.8) is 0 Å². The Kier molecular flexibility index (Phi) is 32.4. The molecule has 1 N–H and O–H groups in total. The zero-order valence-electron chi connectivity index (χ0n) is 29.6. The molecule has 266 valence electrons. The van der Waals surface area contributed by atoms with Crippen molar-refractivity contribution in [2.24, 2.45) is 0 Å². The van der Waals surface area contributed by atoms with Crippen molar-refractivity contribution >= 4 is 17.9 Å². The van der Waals surface area contributed by atoms with Crippen molar-refractivity contribution in [1.82, 2.24) is 4.90 Å². The molecule has 1 unspecified atom stereocenters. The summed E-state index contributed by atoms with van der Waals surface area (Å²) in [6.45, 7) is 9.94. The second-order valence-electron chi connectivity index (χ2n) is 12.6. The Balaban J connectivity index is 3.90. The Hall–Kier alpha value is -1.67. The van der Waals surface area contributed by atoms with Crippen LogP contribution in [0.3, 0.4) is 0 Å². The summed E-state index contributed by atoms with van der Waals surface area (Å²) in [5, 5.41) is 9.45. The minimum Gasteiger partial charge on any atom is -0.465 e. The van der Waals surface area contributed by atoms with Gasteiger partial charge in [-0.1, -0.05) is 97.8 Å². The lowest BCUT2D eigenvalue weighted by atomic mass is 10.0. The second-order valence-corrected chi connectivity index (χ2v) is 12.6. The fraction of sp³-hybridized carbons (Fsp3) is 0.919. The Morgan fingerprint density at radius 2 is 0.978 bits per heavy atom. The van der Waals surface area contributed by atoms with Gasteiger partial charge in [0.1, 0.15) is 12.5 Å². The SMILES string of the molecule is CCCCCCCOC(=O)CC(=O)OCCCCCN(CCO)CCCCCCCC(=O)OC(CCCCC)CCCCCC. The monoisotopic (exact) mass is 642 g/mol. The smallest absolute Gasteiger partial charge is 0.317 e. The van der Waals surface area contributed by atoms with Crippen molar-refractivity contribution in [2.75, 3.05) is 39.5 Å². The van der Waals surface area contributed by atoms with Crippen LogP contribution in [0.15, 0.2) is 0 Å². The number of rotatable bonds is 34. The van der Waals surface area contributed by atoms with Gasteiger partial charge in [-0.15, -0.1) is 0 Å². The molecule has 8 nitrogen and oxygen atoms in total. The van der Waals surface area contributed by atoms with Crippen LogP contribution in [0.25, 0.3) is 0 Å². The van der Waals surface area contributed by atoms with Crippen molar-refractivity contribution in [2.45, 2.75) is 181 Å². The lowest BCUT2D eigenvalue weighted by Crippen LogP contribution is -2.29. The summed E-state index contributed by atoms with van der Waals surface area (Å²) in [7, 11) is 0. The molecule has 0 saturated heterocycles. The maximum absolute atomic E-state index is 12.4. The van der Waals surface area contributed by atoms with Crippen LogP contribution in [0.2, 0.25) is 0 Å². The molecule has 0 aromatic heterocycles. The summed E-state index contributed by atoms with van der Waals surface area (Å²) < 4.78 is 16.2. The number of aliphatic hydroxyl groups excluding tert-OH is 1. The quantitative estimate of drug-likeness (QED) is 0.0322. The zero-order chi connectivity index (χ0) is 33.2. The lowest BCUT2D eigenvalue weighted by Gasteiger charge is -2.21. The number of carbonyl (C=O) groups is 3. The molecule has 0 amide bonds. The molecule has 0 aliphatic heterocycles. The Morgan fingerprint density at radius 1 is 0.533 bits per heavy atom. The van der Waals surface area contributed by atoms with Gasteiger partial charge in [-0.2, -0.15) is 0 Å². The molecule has 0 aromatic carbocycles. The fourth-order valence-electron chi connectivity index (χ4n) is 5.45. The normalized spacial score (nSPS) is 11.9. The standard InChI is InChI=1S/C37H71NO7/c1-4-7-10-15-22-31-43-36(41)33-37(42)44-32-23-16-21-28-38(29-30-39)27-20-14-12-13-19-26-35(40)45-34(24-17-9-6-3)25-18-11-8-5-2/h34,39H,4-33H2,1-3H3. The van der Waals surface area contributed by atoms with Gasteiger partial charge in [-0.3, -0.25) is 14.4 Å². The van der Waals surface area contributed by atoms with Crippen LogP contribution in [-0.2, 0) is 28.6 Å². The minimum atomic E-state index is -0.519. The van der Waals surface area contributed by atoms with E-state index in [1.165, 1.54) is 44.9 Å². The van der Waals surface area contributed by atoms with E-state index in [9.17, 15) is 19.5 Å². The van der Waals surface area contributed by atoms with Gasteiger partial charge in [-0.25, -0.2) is 0 Å². The molecule has 0 aromatic rings. The van der Waals surface area contributed by atoms with E-state index in [1.807, 2.05) is 0 Å². The summed E-state index contributed by atoms with van der Waals surface area (Å²) in [5.74, 6) is -1.05. The maximum Gasteiger partial charge on any atom is 0.317 e. The van der Waals surface area contributed by atoms with E-state index in [1.54, 1.807) is 0 Å². The lowest BCUT2D eigenvalue weighted by molar-refractivity contribution is -0.155. The molecule has 0 aliphatic rings. The van der Waals surface area contributed by atoms with E-state index in [2.05, 4.69) is 25.7 Å². The number of esters is 3. The average molecular weight is 642 g/mol. The molecule has 0 heterocycles. The highest BCUT2D eigenvalue weighted by atomic mass is 16.6. The third kappa shape index (κ3) is 30.7. The number of nitrogens with zero attached hydrogens (tertiary/aromatic N) is 1. The number of unbranched alkanes of at least 4 members (excludes halogenated alkanes) is 15. The van der Waals surface area contributed by atoms with Crippen molar-refractivity contribution in [3.05, 3.63) is 0 Å². The third-order valence-corrected chi connectivity index (χ3v) is 8.26. The first kappa shape index (κ1) is 43.3. The van der Waals surface area contributed by atoms with Crippen LogP contribution < -0.4 is 0 Å². The predicted molar refractivity (Wildman–Crippen MR) is 183 cm³/mol. The van der Waals surface area contributed by atoms with Gasteiger partial charge in [0.15, 0.2) is 0 Å². The van der Waals surface area contributed by atoms with Crippen LogP contribution in [0.4, 0.5) is 0 Å². The van der Waals surface area contributed by atoms with E-state index >= 15 is 0 Å². The second kappa shape index (κ2) is 33.7. The highest BCUT2D eigenvalue weighted by molar-refractivity contribution is 5.91. The third-order valence-electron chi connectivity index (χ3n) is 8.26. The van der Waals surface area contributed by atoms with Gasteiger partial charge in [0, 0.05) is 13.0 Å². The summed E-state index contributed by atoms with van der Waals surface area (Å²) in [6, 6.07) is 0. The minimum absolute atomic E-state index is 0.0260. The zero-order valence-corrected chi connectivity index (χ0v) is 29.6. The molecule has 0 fully saturated rings. The number of aliphatic hydroxyl groups is 1. The van der Waals surface area contributed by atoms with E-state index in [-0.39, 0.29) is 25.1 Å². The topological polar surface area (TPSA) is 102 Å². The highest BCUT2D eigenvalue weighted by Crippen LogP contribution is 2.17. The molecule has 0 bridgehead atoms. The fourth-order valence-corrected chi connectivity index (χ4v) is 5.45. The Morgan fingerprint density at radius 3 is 1.56 bits per heavy atom. The molecule has 0 aliphatic carbocycles. The molecule has 1 atom stereocenters. The molecule has 45 heavy (non-hydrogen) atoms. The van der Waals surface area contributed by atoms with Gasteiger partial charge >= 0.3 is 17.9 Å². The average Bonchev–Trinajstić information content (AvgIpc) is 3.02. The summed E-state index contributed by atoms with van der Waals surface area (Å²) in [4.78, 5) is 38.3. The van der Waals surface area contributed by atoms with E-state index in [0.29, 0.717) is 26.2 Å². The van der Waals surface area contributed by atoms with Gasteiger partial charge in [0.2, 0.25) is 0 Å². The number of ether oxygens (including phenoxy) is 3. The molecule has 0 spiro atoms. The maximum atomic E-state index is 12.4. The molecule has 0 radical (unpaired) electrons. The first-order valence-electron chi connectivity index (χ1n) is 18.8. The van der Waals surface area contributed by atoms with Gasteiger partial charge in [-0.05, 0) is 77.3 Å². The number of carbonyl (C=O) groups excluding carboxylic acids is 3. The summed E-state index contributed by atoms with van der Waals surface area (Å²) >= 11 is 0. The van der Waals surface area contributed by atoms with E-state index in [0.717, 1.165) is 109 Å². The van der Waals surface area contributed by atoms with Gasteiger partial charge in [0.25, 0.3) is 0 Å². The molecule has 0 saturated carbocycles. The largest absolute Gasteiger partial charge is 0.465 e. The first-order chi connectivity index (χ1) is 22.0.